The van der Waals surface area contributed by atoms with Crippen molar-refractivity contribution in [3.63, 3.8) is 0 Å². The minimum atomic E-state index is 0.367. The molecule has 0 radical (unpaired) electrons. The Labute approximate surface area is 85.5 Å². The van der Waals surface area contributed by atoms with Crippen LogP contribution >= 0.6 is 0 Å². The lowest BCUT2D eigenvalue weighted by atomic mass is 10.1. The van der Waals surface area contributed by atoms with Gasteiger partial charge in [-0.15, -0.1) is 0 Å². The van der Waals surface area contributed by atoms with Crippen molar-refractivity contribution in [1.29, 1.82) is 0 Å². The summed E-state index contributed by atoms with van der Waals surface area (Å²) in [5, 5.41) is 9.46. The fraction of sp³-hybridized carbons (Fsp3) is 0.500. The Morgan fingerprint density at radius 1 is 1.21 bits per heavy atom. The third-order valence-electron chi connectivity index (χ3n) is 2.15. The molecule has 0 spiro atoms. The van der Waals surface area contributed by atoms with Crippen LogP contribution in [0.5, 0.6) is 5.75 Å². The largest absolute Gasteiger partial charge is 0.508 e. The number of hydrogen-bond donors (Lipinski definition) is 1. The predicted octanol–water partition coefficient (Wildman–Crippen LogP) is 2.75. The van der Waals surface area contributed by atoms with E-state index in [2.05, 4.69) is 6.92 Å². The molecule has 0 aliphatic heterocycles. The maximum Gasteiger partial charge on any atom is 0.118 e. The van der Waals surface area contributed by atoms with Gasteiger partial charge >= 0.3 is 0 Å². The molecule has 1 N–H and O–H groups in total. The summed E-state index contributed by atoms with van der Waals surface area (Å²) in [6.45, 7) is 3.66. The van der Waals surface area contributed by atoms with Gasteiger partial charge in [0.15, 0.2) is 0 Å². The third kappa shape index (κ3) is 3.79. The number of benzene rings is 1. The fourth-order valence-corrected chi connectivity index (χ4v) is 1.25. The molecule has 1 rings (SSSR count). The van der Waals surface area contributed by atoms with Crippen molar-refractivity contribution in [2.24, 2.45) is 0 Å². The second-order valence-electron chi connectivity index (χ2n) is 3.34. The molecule has 0 aliphatic carbocycles. The van der Waals surface area contributed by atoms with Crippen molar-refractivity contribution in [3.05, 3.63) is 29.8 Å². The summed E-state index contributed by atoms with van der Waals surface area (Å²) < 4.78 is 5.42. The second-order valence-corrected chi connectivity index (χ2v) is 3.34. The highest BCUT2D eigenvalue weighted by molar-refractivity contribution is 5.31. The van der Waals surface area contributed by atoms with Crippen molar-refractivity contribution in [2.75, 3.05) is 13.2 Å². The van der Waals surface area contributed by atoms with Gasteiger partial charge in [0.1, 0.15) is 5.75 Å². The maximum atomic E-state index is 9.46. The van der Waals surface area contributed by atoms with E-state index in [1.807, 2.05) is 18.2 Å². The molecule has 0 saturated carbocycles. The minimum absolute atomic E-state index is 0.367. The van der Waals surface area contributed by atoms with Crippen LogP contribution in [0.1, 0.15) is 25.3 Å². The van der Waals surface area contributed by atoms with E-state index in [-0.39, 0.29) is 0 Å². The minimum Gasteiger partial charge on any atom is -0.508 e. The summed E-state index contributed by atoms with van der Waals surface area (Å²) in [7, 11) is 0. The second kappa shape index (κ2) is 6.44. The molecule has 0 aromatic heterocycles. The number of aromatic hydroxyl groups is 1. The highest BCUT2D eigenvalue weighted by Gasteiger charge is 1.98. The van der Waals surface area contributed by atoms with Crippen molar-refractivity contribution in [3.8, 4) is 5.75 Å². The van der Waals surface area contributed by atoms with Gasteiger partial charge in [-0.1, -0.05) is 31.5 Å². The Morgan fingerprint density at radius 3 is 2.71 bits per heavy atom. The molecule has 78 valence electrons. The Hall–Kier alpha value is -1.02. The molecule has 14 heavy (non-hydrogen) atoms. The summed E-state index contributed by atoms with van der Waals surface area (Å²) in [6, 6.07) is 7.40. The summed E-state index contributed by atoms with van der Waals surface area (Å²) in [5.74, 6) is 0.367. The zero-order chi connectivity index (χ0) is 10.2. The summed E-state index contributed by atoms with van der Waals surface area (Å²) in [4.78, 5) is 0. The summed E-state index contributed by atoms with van der Waals surface area (Å²) >= 11 is 0. The Bertz CT molecular complexity index is 258. The molecule has 0 heterocycles. The van der Waals surface area contributed by atoms with Crippen molar-refractivity contribution < 1.29 is 9.84 Å². The highest BCUT2D eigenvalue weighted by Crippen LogP contribution is 2.15. The molecule has 0 unspecified atom stereocenters. The molecule has 1 aromatic rings. The highest BCUT2D eigenvalue weighted by atomic mass is 16.5. The Balaban J connectivity index is 2.21. The molecule has 2 heteroatoms. The Kier molecular flexibility index (Phi) is 5.08. The van der Waals surface area contributed by atoms with Crippen LogP contribution in [-0.4, -0.2) is 18.3 Å². The van der Waals surface area contributed by atoms with Crippen LogP contribution in [0.2, 0.25) is 0 Å². The van der Waals surface area contributed by atoms with E-state index in [4.69, 9.17) is 4.74 Å². The number of ether oxygens (including phenoxy) is 1. The number of unbranched alkanes of at least 4 members (excludes halogenated alkanes) is 1. The van der Waals surface area contributed by atoms with Crippen LogP contribution in [0, 0.1) is 0 Å². The lowest BCUT2D eigenvalue weighted by Crippen LogP contribution is -2.00. The van der Waals surface area contributed by atoms with Gasteiger partial charge in [0.05, 0.1) is 6.61 Å². The first-order valence-electron chi connectivity index (χ1n) is 5.19. The zero-order valence-corrected chi connectivity index (χ0v) is 8.70. The van der Waals surface area contributed by atoms with Gasteiger partial charge in [0.25, 0.3) is 0 Å². The van der Waals surface area contributed by atoms with Crippen LogP contribution in [0.4, 0.5) is 0 Å². The molecule has 0 amide bonds. The normalized spacial score (nSPS) is 10.4. The average molecular weight is 194 g/mol. The predicted molar refractivity (Wildman–Crippen MR) is 57.5 cm³/mol. The quantitative estimate of drug-likeness (QED) is 0.705. The third-order valence-corrected chi connectivity index (χ3v) is 2.15. The van der Waals surface area contributed by atoms with E-state index in [1.54, 1.807) is 6.07 Å². The monoisotopic (exact) mass is 194 g/mol. The van der Waals surface area contributed by atoms with E-state index in [0.29, 0.717) is 12.4 Å². The number of hydrogen-bond acceptors (Lipinski definition) is 2. The average Bonchev–Trinajstić information content (AvgIpc) is 2.20. The molecular weight excluding hydrogens is 176 g/mol. The smallest absolute Gasteiger partial charge is 0.118 e. The lowest BCUT2D eigenvalue weighted by Gasteiger charge is -2.04. The fourth-order valence-electron chi connectivity index (χ4n) is 1.25. The first-order valence-corrected chi connectivity index (χ1v) is 5.19. The van der Waals surface area contributed by atoms with Gasteiger partial charge in [-0.25, -0.2) is 0 Å². The van der Waals surface area contributed by atoms with Crippen LogP contribution in [-0.2, 0) is 11.2 Å². The number of phenols is 1. The lowest BCUT2D eigenvalue weighted by molar-refractivity contribution is 0.134. The number of rotatable bonds is 6. The van der Waals surface area contributed by atoms with E-state index in [1.165, 1.54) is 0 Å². The van der Waals surface area contributed by atoms with Gasteiger partial charge in [0, 0.05) is 6.61 Å². The number of para-hydroxylation sites is 1. The molecule has 1 aromatic carbocycles. The maximum absolute atomic E-state index is 9.46. The Morgan fingerprint density at radius 2 is 2.00 bits per heavy atom. The molecule has 0 aliphatic rings. The SMILES string of the molecule is CCCCOCCc1ccccc1O. The van der Waals surface area contributed by atoms with Crippen LogP contribution in [0.25, 0.3) is 0 Å². The summed E-state index contributed by atoms with van der Waals surface area (Å²) in [5.41, 5.74) is 0.962. The van der Waals surface area contributed by atoms with Gasteiger partial charge in [-0.05, 0) is 24.5 Å². The van der Waals surface area contributed by atoms with Crippen molar-refractivity contribution >= 4 is 0 Å². The summed E-state index contributed by atoms with van der Waals surface area (Å²) in [6.07, 6.45) is 3.06. The standard InChI is InChI=1S/C12H18O2/c1-2-3-9-14-10-8-11-6-4-5-7-12(11)13/h4-7,13H,2-3,8-10H2,1H3. The van der Waals surface area contributed by atoms with Gasteiger partial charge in [0.2, 0.25) is 0 Å². The number of phenolic OH excluding ortho intramolecular Hbond substituents is 1. The first-order chi connectivity index (χ1) is 6.84. The van der Waals surface area contributed by atoms with E-state index >= 15 is 0 Å². The van der Waals surface area contributed by atoms with E-state index in [0.717, 1.165) is 31.4 Å². The van der Waals surface area contributed by atoms with Gasteiger partial charge < -0.3 is 9.84 Å². The molecule has 0 bridgehead atoms. The molecule has 0 atom stereocenters. The molecule has 0 saturated heterocycles. The topological polar surface area (TPSA) is 29.5 Å². The van der Waals surface area contributed by atoms with E-state index in [9.17, 15) is 5.11 Å². The van der Waals surface area contributed by atoms with Crippen LogP contribution < -0.4 is 0 Å². The zero-order valence-electron chi connectivity index (χ0n) is 8.70. The first kappa shape index (κ1) is 11.1. The van der Waals surface area contributed by atoms with E-state index < -0.39 is 0 Å². The van der Waals surface area contributed by atoms with Crippen molar-refractivity contribution in [1.82, 2.24) is 0 Å². The van der Waals surface area contributed by atoms with Gasteiger partial charge in [-0.3, -0.25) is 0 Å². The van der Waals surface area contributed by atoms with Gasteiger partial charge in [-0.2, -0.15) is 0 Å². The molecular formula is C12H18O2. The van der Waals surface area contributed by atoms with Crippen LogP contribution in [0.15, 0.2) is 24.3 Å². The molecule has 2 nitrogen and oxygen atoms in total. The van der Waals surface area contributed by atoms with Crippen molar-refractivity contribution in [2.45, 2.75) is 26.2 Å². The molecule has 0 fully saturated rings. The van der Waals surface area contributed by atoms with Crippen LogP contribution in [0.3, 0.4) is 0 Å².